The molecule has 0 spiro atoms. The molecule has 1 heterocycles. The number of aromatic nitrogens is 1. The Morgan fingerprint density at radius 3 is 2.59 bits per heavy atom. The maximum atomic E-state index is 12.8. The zero-order chi connectivity index (χ0) is 20.2. The first-order chi connectivity index (χ1) is 12.6. The number of ether oxygens (including phenoxy) is 1. The Kier molecular flexibility index (Phi) is 6.66. The highest BCUT2D eigenvalue weighted by Gasteiger charge is 2.30. The summed E-state index contributed by atoms with van der Waals surface area (Å²) >= 11 is 4.39. The first kappa shape index (κ1) is 21.0. The summed E-state index contributed by atoms with van der Waals surface area (Å²) in [5, 5.41) is 11.6. The number of rotatable bonds is 6. The fraction of sp³-hybridized carbons (Fsp3) is 0.353. The van der Waals surface area contributed by atoms with Crippen molar-refractivity contribution < 1.29 is 19.2 Å². The molecule has 0 unspecified atom stereocenters. The largest absolute Gasteiger partial charge is 0.443 e. The number of benzene rings is 1. The second-order valence-corrected chi connectivity index (χ2v) is 8.08. The molecule has 0 aliphatic rings. The van der Waals surface area contributed by atoms with Gasteiger partial charge in [-0.15, -0.1) is 11.3 Å². The van der Waals surface area contributed by atoms with Crippen LogP contribution < -0.4 is 4.90 Å². The molecule has 10 heteroatoms. The van der Waals surface area contributed by atoms with E-state index in [9.17, 15) is 19.7 Å². The molecular weight excluding hydrogens is 438 g/mol. The molecule has 144 valence electrons. The summed E-state index contributed by atoms with van der Waals surface area (Å²) in [4.78, 5) is 41.6. The minimum Gasteiger partial charge on any atom is -0.443 e. The number of halogens is 1. The number of carbonyl (C=O) groups excluding carboxylic acids is 2. The van der Waals surface area contributed by atoms with Gasteiger partial charge in [0.2, 0.25) is 0 Å². The van der Waals surface area contributed by atoms with Crippen LogP contribution in [-0.2, 0) is 11.3 Å². The first-order valence-corrected chi connectivity index (χ1v) is 9.88. The summed E-state index contributed by atoms with van der Waals surface area (Å²) in [6, 6.07) is 3.92. The van der Waals surface area contributed by atoms with Crippen molar-refractivity contribution in [1.29, 1.82) is 0 Å². The van der Waals surface area contributed by atoms with E-state index in [0.29, 0.717) is 4.88 Å². The third-order valence-corrected chi connectivity index (χ3v) is 4.59. The molecule has 1 amide bonds. The molecule has 2 aromatic rings. The lowest BCUT2D eigenvalue weighted by Crippen LogP contribution is -2.36. The van der Waals surface area contributed by atoms with Gasteiger partial charge < -0.3 is 4.74 Å². The second kappa shape index (κ2) is 8.57. The van der Waals surface area contributed by atoms with Crippen LogP contribution in [0, 0.1) is 10.1 Å². The zero-order valence-electron chi connectivity index (χ0n) is 15.0. The van der Waals surface area contributed by atoms with Crippen molar-refractivity contribution >= 4 is 50.5 Å². The second-order valence-electron chi connectivity index (χ2n) is 6.55. The van der Waals surface area contributed by atoms with Gasteiger partial charge in [-0.3, -0.25) is 24.8 Å². The fourth-order valence-corrected chi connectivity index (χ4v) is 3.09. The molecular formula is C17H18BrN3O5S. The fourth-order valence-electron chi connectivity index (χ4n) is 2.19. The summed E-state index contributed by atoms with van der Waals surface area (Å²) in [5.41, 5.74) is 0.763. The molecule has 1 aromatic heterocycles. The predicted octanol–water partition coefficient (Wildman–Crippen LogP) is 4.57. The monoisotopic (exact) mass is 455 g/mol. The Balaban J connectivity index is 2.56. The number of nitro groups is 1. The number of amides is 1. The Bertz CT molecular complexity index is 849. The number of nitrogens with zero attached hydrogens (tertiary/aromatic N) is 3. The lowest BCUT2D eigenvalue weighted by Gasteiger charge is -2.27. The third-order valence-electron chi connectivity index (χ3n) is 3.32. The number of ketones is 1. The van der Waals surface area contributed by atoms with Gasteiger partial charge in [-0.25, -0.2) is 4.79 Å². The van der Waals surface area contributed by atoms with E-state index >= 15 is 0 Å². The topological polar surface area (TPSA) is 103 Å². The number of hydrogen-bond donors (Lipinski definition) is 0. The van der Waals surface area contributed by atoms with Crippen LogP contribution in [0.3, 0.4) is 0 Å². The third kappa shape index (κ3) is 5.57. The maximum absolute atomic E-state index is 12.8. The molecule has 8 nitrogen and oxygen atoms in total. The van der Waals surface area contributed by atoms with E-state index in [2.05, 4.69) is 20.9 Å². The highest BCUT2D eigenvalue weighted by Crippen LogP contribution is 2.32. The van der Waals surface area contributed by atoms with Crippen molar-refractivity contribution in [3.8, 4) is 0 Å². The van der Waals surface area contributed by atoms with Gasteiger partial charge in [-0.1, -0.05) is 15.9 Å². The first-order valence-electron chi connectivity index (χ1n) is 7.88. The SMILES string of the molecule is CC(C)(C)OC(=O)N(Cc1cncs1)c1cc(C(=O)CBr)ccc1[N+](=O)[O-]. The molecule has 0 saturated heterocycles. The van der Waals surface area contributed by atoms with Gasteiger partial charge in [0.25, 0.3) is 5.69 Å². The number of carbonyl (C=O) groups is 2. The molecule has 0 aliphatic heterocycles. The molecule has 1 aromatic carbocycles. The van der Waals surface area contributed by atoms with Crippen LogP contribution in [0.5, 0.6) is 0 Å². The maximum Gasteiger partial charge on any atom is 0.415 e. The Hall–Kier alpha value is -2.33. The standard InChI is InChI=1S/C17H18BrN3O5S/c1-17(2,3)26-16(23)20(9-12-8-19-10-27-12)14-6-11(15(22)7-18)4-5-13(14)21(24)25/h4-6,8,10H,7,9H2,1-3H3. The average Bonchev–Trinajstić information content (AvgIpc) is 3.10. The van der Waals surface area contributed by atoms with Crippen molar-refractivity contribution in [1.82, 2.24) is 4.98 Å². The van der Waals surface area contributed by atoms with Crippen molar-refractivity contribution in [2.24, 2.45) is 0 Å². The highest BCUT2D eigenvalue weighted by molar-refractivity contribution is 9.09. The van der Waals surface area contributed by atoms with E-state index < -0.39 is 16.6 Å². The van der Waals surface area contributed by atoms with Crippen LogP contribution >= 0.6 is 27.3 Å². The minimum absolute atomic E-state index is 0.00514. The number of nitro benzene ring substituents is 1. The van der Waals surface area contributed by atoms with Gasteiger partial charge in [-0.05, 0) is 32.9 Å². The smallest absolute Gasteiger partial charge is 0.415 e. The lowest BCUT2D eigenvalue weighted by atomic mass is 10.1. The van der Waals surface area contributed by atoms with Crippen molar-refractivity contribution in [3.63, 3.8) is 0 Å². The van der Waals surface area contributed by atoms with Crippen LogP contribution in [0.2, 0.25) is 0 Å². The normalized spacial score (nSPS) is 11.1. The van der Waals surface area contributed by atoms with Crippen molar-refractivity contribution in [3.05, 3.63) is 50.5 Å². The van der Waals surface area contributed by atoms with Crippen molar-refractivity contribution in [2.75, 3.05) is 10.2 Å². The summed E-state index contributed by atoms with van der Waals surface area (Å²) in [6.07, 6.45) is 0.823. The number of anilines is 1. The van der Waals surface area contributed by atoms with Gasteiger partial charge in [-0.2, -0.15) is 0 Å². The van der Waals surface area contributed by atoms with Crippen LogP contribution in [0.25, 0.3) is 0 Å². The molecule has 0 fully saturated rings. The molecule has 0 bridgehead atoms. The minimum atomic E-state index is -0.791. The van der Waals surface area contributed by atoms with Crippen molar-refractivity contribution in [2.45, 2.75) is 32.9 Å². The Morgan fingerprint density at radius 2 is 2.07 bits per heavy atom. The van der Waals surface area contributed by atoms with E-state index in [-0.39, 0.29) is 34.6 Å². The van der Waals surface area contributed by atoms with Crippen LogP contribution in [0.15, 0.2) is 29.9 Å². The average molecular weight is 456 g/mol. The molecule has 2 rings (SSSR count). The van der Waals surface area contributed by atoms with Gasteiger partial charge in [0.15, 0.2) is 5.78 Å². The lowest BCUT2D eigenvalue weighted by molar-refractivity contribution is -0.384. The molecule has 27 heavy (non-hydrogen) atoms. The number of alkyl halides is 1. The predicted molar refractivity (Wildman–Crippen MR) is 106 cm³/mol. The highest BCUT2D eigenvalue weighted by atomic mass is 79.9. The molecule has 0 radical (unpaired) electrons. The van der Waals surface area contributed by atoms with E-state index in [1.165, 1.54) is 29.5 Å². The van der Waals surface area contributed by atoms with Gasteiger partial charge in [0.1, 0.15) is 11.3 Å². The molecule has 0 N–H and O–H groups in total. The summed E-state index contributed by atoms with van der Waals surface area (Å²) < 4.78 is 5.42. The molecule has 0 saturated carbocycles. The van der Waals surface area contributed by atoms with E-state index in [1.54, 1.807) is 32.5 Å². The molecule has 0 atom stereocenters. The number of hydrogen-bond acceptors (Lipinski definition) is 7. The summed E-state index contributed by atoms with van der Waals surface area (Å²) in [7, 11) is 0. The van der Waals surface area contributed by atoms with Crippen LogP contribution in [0.1, 0.15) is 36.0 Å². The van der Waals surface area contributed by atoms with E-state index in [1.807, 2.05) is 0 Å². The Morgan fingerprint density at radius 1 is 1.37 bits per heavy atom. The summed E-state index contributed by atoms with van der Waals surface area (Å²) in [6.45, 7) is 5.14. The van der Waals surface area contributed by atoms with E-state index in [0.717, 1.165) is 4.90 Å². The van der Waals surface area contributed by atoms with Crippen LogP contribution in [0.4, 0.5) is 16.2 Å². The van der Waals surface area contributed by atoms with E-state index in [4.69, 9.17) is 4.74 Å². The molecule has 0 aliphatic carbocycles. The van der Waals surface area contributed by atoms with Crippen LogP contribution in [-0.4, -0.2) is 32.7 Å². The zero-order valence-corrected chi connectivity index (χ0v) is 17.4. The number of Topliss-reactive ketones (excluding diaryl/α,β-unsaturated/α-hetero) is 1. The summed E-state index contributed by atoms with van der Waals surface area (Å²) in [5.74, 6) is -0.256. The Labute approximate surface area is 168 Å². The van der Waals surface area contributed by atoms with Gasteiger partial charge in [0.05, 0.1) is 22.3 Å². The quantitative estimate of drug-likeness (QED) is 0.273. The van der Waals surface area contributed by atoms with Gasteiger partial charge in [0, 0.05) is 22.7 Å². The van der Waals surface area contributed by atoms with Gasteiger partial charge >= 0.3 is 6.09 Å². The number of thiazole rings is 1.